The molecule has 84 valence electrons. The first kappa shape index (κ1) is 13.4. The van der Waals surface area contributed by atoms with Gasteiger partial charge in [-0.2, -0.15) is 5.48 Å². The molecule has 0 heterocycles. The lowest BCUT2D eigenvalue weighted by Gasteiger charge is -2.20. The summed E-state index contributed by atoms with van der Waals surface area (Å²) in [6.07, 6.45) is 0. The fraction of sp³-hybridized carbons (Fsp3) is 0.889. The fourth-order valence-electron chi connectivity index (χ4n) is 0.709. The van der Waals surface area contributed by atoms with Crippen molar-refractivity contribution in [2.45, 2.75) is 26.4 Å². The van der Waals surface area contributed by atoms with Crippen LogP contribution in [0.25, 0.3) is 0 Å². The second-order valence-electron chi connectivity index (χ2n) is 3.79. The number of esters is 1. The molecule has 0 aromatic rings. The van der Waals surface area contributed by atoms with Gasteiger partial charge in [-0.1, -0.05) is 13.8 Å². The van der Waals surface area contributed by atoms with Crippen LogP contribution in [0, 0.1) is 5.92 Å². The van der Waals surface area contributed by atoms with Crippen molar-refractivity contribution in [3.8, 4) is 0 Å². The van der Waals surface area contributed by atoms with Crippen molar-refractivity contribution >= 4 is 5.97 Å². The summed E-state index contributed by atoms with van der Waals surface area (Å²) in [5.74, 6) is -0.288. The van der Waals surface area contributed by atoms with E-state index in [1.165, 1.54) is 14.0 Å². The van der Waals surface area contributed by atoms with E-state index in [9.17, 15) is 9.90 Å². The SMILES string of the molecule is COC(=O)C(C)(O)CNOCC(C)C. The van der Waals surface area contributed by atoms with E-state index in [1.807, 2.05) is 13.8 Å². The summed E-state index contributed by atoms with van der Waals surface area (Å²) in [6, 6.07) is 0. The Morgan fingerprint density at radius 2 is 2.14 bits per heavy atom. The van der Waals surface area contributed by atoms with E-state index in [1.54, 1.807) is 0 Å². The zero-order valence-corrected chi connectivity index (χ0v) is 9.16. The number of carbonyl (C=O) groups excluding carboxylic acids is 1. The second-order valence-corrected chi connectivity index (χ2v) is 3.79. The Balaban J connectivity index is 3.71. The Morgan fingerprint density at radius 1 is 1.57 bits per heavy atom. The van der Waals surface area contributed by atoms with E-state index in [-0.39, 0.29) is 6.54 Å². The molecule has 0 saturated carbocycles. The summed E-state index contributed by atoms with van der Waals surface area (Å²) in [6.45, 7) is 5.90. The number of methoxy groups -OCH3 is 1. The minimum atomic E-state index is -1.55. The van der Waals surface area contributed by atoms with E-state index in [4.69, 9.17) is 4.84 Å². The average Bonchev–Trinajstić information content (AvgIpc) is 2.10. The number of hydroxylamine groups is 1. The van der Waals surface area contributed by atoms with Crippen LogP contribution in [0.15, 0.2) is 0 Å². The molecule has 0 aromatic carbocycles. The first-order valence-corrected chi connectivity index (χ1v) is 4.55. The zero-order chi connectivity index (χ0) is 11.2. The molecule has 0 aliphatic carbocycles. The van der Waals surface area contributed by atoms with Gasteiger partial charge in [0.05, 0.1) is 20.3 Å². The third-order valence-electron chi connectivity index (χ3n) is 1.56. The molecule has 5 heteroatoms. The van der Waals surface area contributed by atoms with Crippen molar-refractivity contribution < 1.29 is 19.5 Å². The number of carbonyl (C=O) groups is 1. The van der Waals surface area contributed by atoms with Gasteiger partial charge in [-0.3, -0.25) is 0 Å². The Labute approximate surface area is 84.3 Å². The molecule has 0 aromatic heterocycles. The highest BCUT2D eigenvalue weighted by atomic mass is 16.6. The lowest BCUT2D eigenvalue weighted by molar-refractivity contribution is -0.162. The highest BCUT2D eigenvalue weighted by Crippen LogP contribution is 2.03. The smallest absolute Gasteiger partial charge is 0.338 e. The number of hydrogen-bond donors (Lipinski definition) is 2. The highest BCUT2D eigenvalue weighted by molar-refractivity contribution is 5.78. The highest BCUT2D eigenvalue weighted by Gasteiger charge is 2.31. The summed E-state index contributed by atoms with van der Waals surface area (Å²) in [7, 11) is 1.23. The number of hydrogen-bond acceptors (Lipinski definition) is 5. The van der Waals surface area contributed by atoms with Crippen LogP contribution in [0.3, 0.4) is 0 Å². The van der Waals surface area contributed by atoms with Crippen molar-refractivity contribution in [3.63, 3.8) is 0 Å². The van der Waals surface area contributed by atoms with Crippen LogP contribution < -0.4 is 5.48 Å². The molecule has 2 N–H and O–H groups in total. The van der Waals surface area contributed by atoms with Gasteiger partial charge < -0.3 is 14.7 Å². The first-order chi connectivity index (χ1) is 6.40. The van der Waals surface area contributed by atoms with E-state index < -0.39 is 11.6 Å². The van der Waals surface area contributed by atoms with Crippen LogP contribution in [0.2, 0.25) is 0 Å². The second kappa shape index (κ2) is 5.95. The Kier molecular flexibility index (Phi) is 5.68. The van der Waals surface area contributed by atoms with Gasteiger partial charge in [-0.15, -0.1) is 0 Å². The Hall–Kier alpha value is -0.650. The molecule has 0 amide bonds. The maximum absolute atomic E-state index is 11.0. The van der Waals surface area contributed by atoms with Crippen LogP contribution >= 0.6 is 0 Å². The molecule has 5 nitrogen and oxygen atoms in total. The molecule has 0 aliphatic rings. The summed E-state index contributed by atoms with van der Waals surface area (Å²) < 4.78 is 4.41. The summed E-state index contributed by atoms with van der Waals surface area (Å²) in [5.41, 5.74) is 0.972. The first-order valence-electron chi connectivity index (χ1n) is 4.55. The van der Waals surface area contributed by atoms with Crippen molar-refractivity contribution in [1.29, 1.82) is 0 Å². The molecule has 14 heavy (non-hydrogen) atoms. The summed E-state index contributed by atoms with van der Waals surface area (Å²) >= 11 is 0. The molecular formula is C9H19NO4. The number of aliphatic hydroxyl groups is 1. The average molecular weight is 205 g/mol. The molecule has 0 fully saturated rings. The molecular weight excluding hydrogens is 186 g/mol. The van der Waals surface area contributed by atoms with Gasteiger partial charge in [-0.25, -0.2) is 4.79 Å². The van der Waals surface area contributed by atoms with E-state index in [0.29, 0.717) is 12.5 Å². The summed E-state index contributed by atoms with van der Waals surface area (Å²) in [4.78, 5) is 16.0. The lowest BCUT2D eigenvalue weighted by Crippen LogP contribution is -2.45. The van der Waals surface area contributed by atoms with Crippen LogP contribution in [-0.2, 0) is 14.4 Å². The molecule has 0 rings (SSSR count). The predicted octanol–water partition coefficient (Wildman–Crippen LogP) is 0.0876. The van der Waals surface area contributed by atoms with E-state index in [2.05, 4.69) is 10.2 Å². The molecule has 0 bridgehead atoms. The van der Waals surface area contributed by atoms with Gasteiger partial charge in [0.2, 0.25) is 0 Å². The monoisotopic (exact) mass is 205 g/mol. The minimum absolute atomic E-state index is 0.00634. The third-order valence-corrected chi connectivity index (χ3v) is 1.56. The standard InChI is InChI=1S/C9H19NO4/c1-7(2)5-14-10-6-9(3,12)8(11)13-4/h7,10,12H,5-6H2,1-4H3. The van der Waals surface area contributed by atoms with Crippen molar-refractivity contribution in [1.82, 2.24) is 5.48 Å². The number of rotatable bonds is 6. The topological polar surface area (TPSA) is 67.8 Å². The maximum atomic E-state index is 11.0. The maximum Gasteiger partial charge on any atom is 0.338 e. The third kappa shape index (κ3) is 5.16. The van der Waals surface area contributed by atoms with Crippen LogP contribution in [0.1, 0.15) is 20.8 Å². The molecule has 0 saturated heterocycles. The fourth-order valence-corrected chi connectivity index (χ4v) is 0.709. The van der Waals surface area contributed by atoms with E-state index in [0.717, 1.165) is 0 Å². The van der Waals surface area contributed by atoms with Crippen molar-refractivity contribution in [2.75, 3.05) is 20.3 Å². The predicted molar refractivity (Wildman–Crippen MR) is 51.4 cm³/mol. The van der Waals surface area contributed by atoms with Gasteiger partial charge in [0.25, 0.3) is 0 Å². The van der Waals surface area contributed by atoms with Crippen LogP contribution in [-0.4, -0.2) is 36.9 Å². The molecule has 1 unspecified atom stereocenters. The summed E-state index contributed by atoms with van der Waals surface area (Å²) in [5, 5.41) is 9.53. The van der Waals surface area contributed by atoms with Gasteiger partial charge in [0.1, 0.15) is 0 Å². The van der Waals surface area contributed by atoms with Crippen LogP contribution in [0.5, 0.6) is 0 Å². The number of ether oxygens (including phenoxy) is 1. The van der Waals surface area contributed by atoms with Crippen molar-refractivity contribution in [3.05, 3.63) is 0 Å². The van der Waals surface area contributed by atoms with Gasteiger partial charge in [0.15, 0.2) is 5.60 Å². The normalized spacial score (nSPS) is 15.3. The molecule has 0 aliphatic heterocycles. The van der Waals surface area contributed by atoms with Gasteiger partial charge >= 0.3 is 5.97 Å². The van der Waals surface area contributed by atoms with Crippen molar-refractivity contribution in [2.24, 2.45) is 5.92 Å². The minimum Gasteiger partial charge on any atom is -0.467 e. The largest absolute Gasteiger partial charge is 0.467 e. The molecule has 1 atom stereocenters. The Morgan fingerprint density at radius 3 is 2.57 bits per heavy atom. The number of nitrogens with one attached hydrogen (secondary N) is 1. The van der Waals surface area contributed by atoms with Crippen LogP contribution in [0.4, 0.5) is 0 Å². The van der Waals surface area contributed by atoms with E-state index >= 15 is 0 Å². The quantitative estimate of drug-likeness (QED) is 0.365. The lowest BCUT2D eigenvalue weighted by atomic mass is 10.1. The zero-order valence-electron chi connectivity index (χ0n) is 9.16. The van der Waals surface area contributed by atoms with Gasteiger partial charge in [-0.05, 0) is 12.8 Å². The molecule has 0 radical (unpaired) electrons. The molecule has 0 spiro atoms. The Bertz CT molecular complexity index is 180. The van der Waals surface area contributed by atoms with Gasteiger partial charge in [0, 0.05) is 0 Å².